The molecule has 0 saturated carbocycles. The van der Waals surface area contributed by atoms with Crippen LogP contribution in [0.3, 0.4) is 0 Å². The van der Waals surface area contributed by atoms with Crippen LogP contribution in [0.2, 0.25) is 0 Å². The lowest BCUT2D eigenvalue weighted by atomic mass is 9.96. The van der Waals surface area contributed by atoms with Crippen LogP contribution >= 0.6 is 151 Å². The maximum atomic E-state index is 13.7. The summed E-state index contributed by atoms with van der Waals surface area (Å²) in [5, 5.41) is 26.4. The number of carboxylic acid groups (broad SMARTS) is 1. The van der Waals surface area contributed by atoms with Crippen molar-refractivity contribution in [1.82, 2.24) is 42.0 Å². The number of carbonyl (C=O) groups is 14. The Bertz CT molecular complexity index is 4510. The van der Waals surface area contributed by atoms with E-state index < -0.39 is 166 Å². The van der Waals surface area contributed by atoms with Crippen LogP contribution < -0.4 is 41.4 Å². The Morgan fingerprint density at radius 2 is 0.836 bits per heavy atom. The van der Waals surface area contributed by atoms with Crippen molar-refractivity contribution in [3.05, 3.63) is 115 Å². The van der Waals surface area contributed by atoms with Crippen molar-refractivity contribution in [2.75, 3.05) is 53.7 Å². The highest BCUT2D eigenvalue weighted by molar-refractivity contribution is 14.1. The summed E-state index contributed by atoms with van der Waals surface area (Å²) in [4.78, 5) is 208. The molecule has 36 nitrogen and oxygen atoms in total. The van der Waals surface area contributed by atoms with Gasteiger partial charge < -0.3 is 70.7 Å². The summed E-state index contributed by atoms with van der Waals surface area (Å²) < 4.78 is 66.0. The Morgan fingerprint density at radius 3 is 1.16 bits per heavy atom. The molecule has 8 atom stereocenters. The highest BCUT2D eigenvalue weighted by Gasteiger charge is 2.38. The number of imide groups is 2. The fraction of sp³-hybridized carbons (Fsp3) is 0.513. The molecule has 672 valence electrons. The van der Waals surface area contributed by atoms with Crippen LogP contribution in [-0.2, 0) is 112 Å². The van der Waals surface area contributed by atoms with E-state index in [1.807, 2.05) is 161 Å². The zero-order valence-corrected chi connectivity index (χ0v) is 83.4. The molecule has 122 heavy (non-hydrogen) atoms. The highest BCUT2D eigenvalue weighted by atomic mass is 127. The number of ether oxygens (including phenoxy) is 3. The number of hydroxylamine groups is 4. The van der Waals surface area contributed by atoms with E-state index in [2.05, 4.69) is 82.2 Å². The predicted molar refractivity (Wildman–Crippen MR) is 490 cm³/mol. The number of methoxy groups -OCH3 is 2. The predicted octanol–water partition coefficient (Wildman–Crippen LogP) is 10.4. The van der Waals surface area contributed by atoms with E-state index in [1.165, 1.54) is 14.2 Å². The molecule has 10 amide bonds. The molecule has 0 bridgehead atoms. The molecule has 44 heteroatoms. The van der Waals surface area contributed by atoms with Crippen LogP contribution in [0.25, 0.3) is 0 Å². The summed E-state index contributed by atoms with van der Waals surface area (Å²) in [7, 11) is -6.67. The van der Waals surface area contributed by atoms with Gasteiger partial charge in [-0.1, -0.05) is 76.2 Å². The first-order chi connectivity index (χ1) is 57.1. The van der Waals surface area contributed by atoms with Crippen LogP contribution in [0.15, 0.2) is 60.7 Å². The first-order valence-electron chi connectivity index (χ1n) is 38.3. The van der Waals surface area contributed by atoms with Crippen molar-refractivity contribution >= 4 is 234 Å². The minimum absolute atomic E-state index is 0.0522. The second-order valence-electron chi connectivity index (χ2n) is 29.8. The van der Waals surface area contributed by atoms with Crippen molar-refractivity contribution in [2.45, 2.75) is 194 Å². The van der Waals surface area contributed by atoms with Gasteiger partial charge in [0.05, 0.1) is 103 Å². The number of nitrogens with one attached hydrogen (secondary N) is 6. The summed E-state index contributed by atoms with van der Waals surface area (Å²) in [5.41, 5.74) is 3.08. The van der Waals surface area contributed by atoms with Crippen molar-refractivity contribution in [3.8, 4) is 11.5 Å². The van der Waals surface area contributed by atoms with Gasteiger partial charge >= 0.3 is 39.5 Å². The van der Waals surface area contributed by atoms with Gasteiger partial charge in [0.1, 0.15) is 29.2 Å². The first kappa shape index (κ1) is 107. The van der Waals surface area contributed by atoms with E-state index in [1.54, 1.807) is 46.8 Å². The van der Waals surface area contributed by atoms with Gasteiger partial charge in [-0.25, -0.2) is 28.3 Å². The monoisotopic (exact) mass is 2420 g/mol. The maximum Gasteiger partial charge on any atom is 0.472 e. The Labute approximate surface area is 787 Å². The van der Waals surface area contributed by atoms with Gasteiger partial charge in [0, 0.05) is 58.8 Å². The summed E-state index contributed by atoms with van der Waals surface area (Å²) >= 11 is 11.9. The zero-order valence-electron chi connectivity index (χ0n) is 68.6. The topological polar surface area (TPSA) is 496 Å². The third kappa shape index (κ3) is 36.1. The number of amides is 10. The molecule has 2 saturated heterocycles. The van der Waals surface area contributed by atoms with E-state index >= 15 is 0 Å². The fourth-order valence-electron chi connectivity index (χ4n) is 11.4. The number of phosphoric acid groups is 2. The molecule has 0 spiro atoms. The van der Waals surface area contributed by atoms with Crippen LogP contribution in [0.1, 0.15) is 194 Å². The SMILES string of the molecule is COc1c(I)cc(I)c(C(=O)N[C@@H](CC(=O)N[C@H](CNC(=O)[C@@H](C)c2ccc(CC(C)C)cc2)COP(=O)(O)OCCCCC(=O)ON2C(=O)CCC2=O)C(=O)O)c1I.COc1c(I)cc(I)c(C(=O)N[C@H](CC(=O)N[C@H](CNC(=O)[C@@H](C)c2ccc(CC(C)C)cc2)COP(=O)(O)OCCCCC(=O)ON2C(=O)CCC2=O)C(=O)OC(C)(C)C)c1I. The van der Waals surface area contributed by atoms with Gasteiger partial charge in [0.2, 0.25) is 23.6 Å². The van der Waals surface area contributed by atoms with Crippen LogP contribution in [0, 0.1) is 33.3 Å². The standard InChI is InChI=1S/C41H54I3N4O14P.C37H46I3N4O14P/c1-23(2)18-25-11-13-26(14-12-25)24(3)38(53)45-21-27(22-60-63(56,57)59-17-9-8-10-34(52)62-48-32(50)15-16-33(48)51)46-31(49)20-30(40(55)61-41(4,5)6)47-39(54)35-28(42)19-29(43)37(58-7)36(35)44;1-20(2)15-22-8-10-23(11-9-22)21(3)35(49)41-18-24(19-57-59(53,54)56-14-6-5-7-31(48)58-44-29(46)12-13-30(44)47)42-28(45)17-27(37(51)52)43-36(50)32-25(38)16-26(39)34(55-4)33(32)40/h11-14,19,23-24,27,30H,8-10,15-18,20-22H2,1-7H3,(H,45,53)(H,46,49)(H,47,54)(H,56,57);8-11,16,20-21,24,27H,5-7,12-15,17-19H2,1-4H3,(H,41,49)(H,42,45)(H,43,50)(H,51,52)(H,53,54)/t24-,27+,30+;21-,24+,27-/m00/s1. The van der Waals surface area contributed by atoms with Crippen molar-refractivity contribution in [1.29, 1.82) is 0 Å². The summed E-state index contributed by atoms with van der Waals surface area (Å²) in [5.74, 6) is -10.1. The molecule has 0 aliphatic carbocycles. The normalized spacial score (nSPS) is 15.3. The number of hydrogen-bond donors (Lipinski definition) is 9. The first-order valence-corrected chi connectivity index (χ1v) is 47.8. The third-order valence-electron chi connectivity index (χ3n) is 17.6. The number of halogens is 6. The number of nitrogens with zero attached hydrogens (tertiary/aromatic N) is 2. The number of benzene rings is 4. The molecule has 2 unspecified atom stereocenters. The number of esters is 1. The molecular formula is C78H100I6N8O28P2. The molecule has 0 aromatic heterocycles. The Kier molecular flexibility index (Phi) is 44.7. The smallest absolute Gasteiger partial charge is 0.472 e. The molecule has 9 N–H and O–H groups in total. The quantitative estimate of drug-likeness (QED) is 0.00652. The Hall–Kier alpha value is -5.94. The number of phosphoric ester groups is 2. The van der Waals surface area contributed by atoms with E-state index in [0.29, 0.717) is 47.7 Å². The number of rotatable bonds is 46. The maximum absolute atomic E-state index is 13.7. The van der Waals surface area contributed by atoms with Crippen molar-refractivity contribution in [3.63, 3.8) is 0 Å². The lowest BCUT2D eigenvalue weighted by molar-refractivity contribution is -0.197. The van der Waals surface area contributed by atoms with Crippen molar-refractivity contribution < 1.29 is 133 Å². The molecule has 2 heterocycles. The largest absolute Gasteiger partial charge is 0.495 e. The van der Waals surface area contributed by atoms with Gasteiger partial charge in [-0.05, 0) is 255 Å². The van der Waals surface area contributed by atoms with E-state index in [0.717, 1.165) is 42.2 Å². The Balaban J connectivity index is 0.000000435. The lowest BCUT2D eigenvalue weighted by Gasteiger charge is -2.26. The highest BCUT2D eigenvalue weighted by Crippen LogP contribution is 2.45. The van der Waals surface area contributed by atoms with Crippen LogP contribution in [-0.4, -0.2) is 191 Å². The van der Waals surface area contributed by atoms with Crippen LogP contribution in [0.5, 0.6) is 11.5 Å². The van der Waals surface area contributed by atoms with E-state index in [4.69, 9.17) is 42.0 Å². The second-order valence-corrected chi connectivity index (χ2v) is 39.5. The van der Waals surface area contributed by atoms with Gasteiger partial charge in [0.15, 0.2) is 0 Å². The average molecular weight is 2420 g/mol. The summed E-state index contributed by atoms with van der Waals surface area (Å²) in [6.45, 7) is 14.1. The fourth-order valence-corrected chi connectivity index (χ4v) is 21.7. The number of hydrogen-bond acceptors (Lipinski definition) is 25. The van der Waals surface area contributed by atoms with E-state index in [-0.39, 0.29) is 102 Å². The lowest BCUT2D eigenvalue weighted by Crippen LogP contribution is -2.51. The number of aliphatic carboxylic acids is 1. The summed E-state index contributed by atoms with van der Waals surface area (Å²) in [6, 6.07) is 13.1. The molecule has 4 aromatic rings. The number of unbranched alkanes of at least 4 members (excludes halogenated alkanes) is 2. The summed E-state index contributed by atoms with van der Waals surface area (Å²) in [6.07, 6.45) is 0.0844. The molecule has 6 rings (SSSR count). The average Bonchev–Trinajstić information content (AvgIpc) is 1.23. The number of carbonyl (C=O) groups excluding carboxylic acids is 13. The molecule has 0 radical (unpaired) electrons. The van der Waals surface area contributed by atoms with E-state index in [9.17, 15) is 91.1 Å². The second kappa shape index (κ2) is 51.2. The molecule has 2 aliphatic heterocycles. The van der Waals surface area contributed by atoms with Crippen molar-refractivity contribution in [2.24, 2.45) is 11.8 Å². The van der Waals surface area contributed by atoms with Gasteiger partial charge in [-0.2, -0.15) is 0 Å². The van der Waals surface area contributed by atoms with Gasteiger partial charge in [-0.3, -0.25) is 66.0 Å². The minimum Gasteiger partial charge on any atom is -0.495 e. The Morgan fingerprint density at radius 1 is 0.492 bits per heavy atom. The van der Waals surface area contributed by atoms with Gasteiger partial charge in [0.25, 0.3) is 35.4 Å². The third-order valence-corrected chi connectivity index (χ3v) is 25.0. The molecule has 2 fully saturated rings. The molecule has 2 aliphatic rings. The van der Waals surface area contributed by atoms with Crippen LogP contribution in [0.4, 0.5) is 0 Å². The molecular weight excluding hydrogens is 2320 g/mol. The minimum atomic E-state index is -4.78. The zero-order chi connectivity index (χ0) is 91.3. The molecule has 4 aromatic carbocycles. The number of carboxylic acids is 1. The van der Waals surface area contributed by atoms with Gasteiger partial charge in [-0.15, -0.1) is 10.1 Å².